The van der Waals surface area contributed by atoms with Crippen LogP contribution in [-0.2, 0) is 0 Å². The molecule has 4 bridgehead atoms. The molecule has 4 fully saturated rings. The summed E-state index contributed by atoms with van der Waals surface area (Å²) < 4.78 is 5.43. The molecule has 23 heavy (non-hydrogen) atoms. The van der Waals surface area contributed by atoms with Crippen LogP contribution in [0.2, 0.25) is 0 Å². The second-order valence-electron chi connectivity index (χ2n) is 8.06. The molecule has 3 nitrogen and oxygen atoms in total. The molecule has 1 aromatic rings. The summed E-state index contributed by atoms with van der Waals surface area (Å²) in [6, 6.07) is 7.48. The SMILES string of the molecule is CCOc1ccc(C(=O)NCC23CC4CC(CC(C4)C2)C3)cc1. The average molecular weight is 313 g/mol. The molecular weight excluding hydrogens is 286 g/mol. The first-order valence-corrected chi connectivity index (χ1v) is 9.17. The lowest BCUT2D eigenvalue weighted by atomic mass is 9.49. The fourth-order valence-electron chi connectivity index (χ4n) is 5.75. The van der Waals surface area contributed by atoms with E-state index < -0.39 is 0 Å². The van der Waals surface area contributed by atoms with E-state index in [9.17, 15) is 4.79 Å². The molecule has 4 aliphatic rings. The first kappa shape index (κ1) is 15.0. The highest BCUT2D eigenvalue weighted by atomic mass is 16.5. The number of rotatable bonds is 5. The number of carbonyl (C=O) groups excluding carboxylic acids is 1. The Balaban J connectivity index is 1.38. The first-order valence-electron chi connectivity index (χ1n) is 9.17. The minimum atomic E-state index is 0.0591. The fraction of sp³-hybridized carbons (Fsp3) is 0.650. The Morgan fingerprint density at radius 3 is 2.17 bits per heavy atom. The second-order valence-corrected chi connectivity index (χ2v) is 8.06. The van der Waals surface area contributed by atoms with Gasteiger partial charge in [-0.25, -0.2) is 0 Å². The molecule has 0 spiro atoms. The highest BCUT2D eigenvalue weighted by molar-refractivity contribution is 5.94. The zero-order chi connectivity index (χ0) is 15.9. The fourth-order valence-corrected chi connectivity index (χ4v) is 5.75. The Morgan fingerprint density at radius 1 is 1.09 bits per heavy atom. The minimum absolute atomic E-state index is 0.0591. The van der Waals surface area contributed by atoms with Gasteiger partial charge >= 0.3 is 0 Å². The number of benzene rings is 1. The van der Waals surface area contributed by atoms with Crippen LogP contribution in [0, 0.1) is 23.2 Å². The monoisotopic (exact) mass is 313 g/mol. The molecule has 1 aromatic carbocycles. The van der Waals surface area contributed by atoms with Crippen molar-refractivity contribution in [2.45, 2.75) is 45.4 Å². The smallest absolute Gasteiger partial charge is 0.251 e. The van der Waals surface area contributed by atoms with Crippen molar-refractivity contribution < 1.29 is 9.53 Å². The Labute approximate surface area is 138 Å². The van der Waals surface area contributed by atoms with E-state index in [0.29, 0.717) is 12.0 Å². The Kier molecular flexibility index (Phi) is 3.82. The van der Waals surface area contributed by atoms with Crippen LogP contribution in [0.4, 0.5) is 0 Å². The number of carbonyl (C=O) groups is 1. The lowest BCUT2D eigenvalue weighted by Crippen LogP contribution is -2.51. The molecule has 1 N–H and O–H groups in total. The summed E-state index contributed by atoms with van der Waals surface area (Å²) in [4.78, 5) is 12.5. The number of amides is 1. The Hall–Kier alpha value is -1.51. The third-order valence-corrected chi connectivity index (χ3v) is 6.22. The van der Waals surface area contributed by atoms with Crippen molar-refractivity contribution in [3.63, 3.8) is 0 Å². The zero-order valence-corrected chi connectivity index (χ0v) is 14.0. The van der Waals surface area contributed by atoms with E-state index in [0.717, 1.165) is 35.6 Å². The van der Waals surface area contributed by atoms with Gasteiger partial charge in [0.25, 0.3) is 5.91 Å². The van der Waals surface area contributed by atoms with E-state index >= 15 is 0 Å². The Morgan fingerprint density at radius 2 is 1.65 bits per heavy atom. The number of nitrogens with one attached hydrogen (secondary N) is 1. The molecule has 4 saturated carbocycles. The molecule has 3 heteroatoms. The molecule has 124 valence electrons. The van der Waals surface area contributed by atoms with Gasteiger partial charge in [0.15, 0.2) is 0 Å². The predicted octanol–water partition coefficient (Wildman–Crippen LogP) is 4.03. The second kappa shape index (κ2) is 5.85. The molecule has 5 rings (SSSR count). The molecule has 4 aliphatic carbocycles. The van der Waals surface area contributed by atoms with Crippen LogP contribution in [0.25, 0.3) is 0 Å². The van der Waals surface area contributed by atoms with Crippen molar-refractivity contribution in [2.75, 3.05) is 13.2 Å². The lowest BCUT2D eigenvalue weighted by molar-refractivity contribution is -0.0503. The number of ether oxygens (including phenoxy) is 1. The van der Waals surface area contributed by atoms with Gasteiger partial charge in [-0.05, 0) is 92.9 Å². The summed E-state index contributed by atoms with van der Waals surface area (Å²) in [5.41, 5.74) is 1.13. The van der Waals surface area contributed by atoms with Gasteiger partial charge in [-0.2, -0.15) is 0 Å². The van der Waals surface area contributed by atoms with Gasteiger partial charge < -0.3 is 10.1 Å². The van der Waals surface area contributed by atoms with Gasteiger partial charge in [0.1, 0.15) is 5.75 Å². The minimum Gasteiger partial charge on any atom is -0.494 e. The van der Waals surface area contributed by atoms with Crippen molar-refractivity contribution >= 4 is 5.91 Å². The van der Waals surface area contributed by atoms with Crippen LogP contribution >= 0.6 is 0 Å². The summed E-state index contributed by atoms with van der Waals surface area (Å²) in [5.74, 6) is 3.69. The lowest BCUT2D eigenvalue weighted by Gasteiger charge is -2.56. The Bertz CT molecular complexity index is 543. The van der Waals surface area contributed by atoms with Gasteiger partial charge in [0.2, 0.25) is 0 Å². The van der Waals surface area contributed by atoms with E-state index in [1.54, 1.807) is 0 Å². The van der Waals surface area contributed by atoms with Gasteiger partial charge in [-0.1, -0.05) is 0 Å². The molecule has 0 unspecified atom stereocenters. The van der Waals surface area contributed by atoms with Crippen LogP contribution in [0.5, 0.6) is 5.75 Å². The van der Waals surface area contributed by atoms with Crippen molar-refractivity contribution in [1.82, 2.24) is 5.32 Å². The molecule has 0 radical (unpaired) electrons. The third kappa shape index (κ3) is 2.98. The van der Waals surface area contributed by atoms with E-state index in [4.69, 9.17) is 4.74 Å². The summed E-state index contributed by atoms with van der Waals surface area (Å²) in [7, 11) is 0. The average Bonchev–Trinajstić information content (AvgIpc) is 2.52. The third-order valence-electron chi connectivity index (χ3n) is 6.22. The normalized spacial score (nSPS) is 34.4. The van der Waals surface area contributed by atoms with E-state index in [2.05, 4.69) is 5.32 Å². The van der Waals surface area contributed by atoms with Crippen molar-refractivity contribution in [3.05, 3.63) is 29.8 Å². The van der Waals surface area contributed by atoms with Crippen molar-refractivity contribution in [1.29, 1.82) is 0 Å². The molecule has 0 heterocycles. The van der Waals surface area contributed by atoms with Crippen LogP contribution in [0.1, 0.15) is 55.8 Å². The maximum atomic E-state index is 12.5. The predicted molar refractivity (Wildman–Crippen MR) is 90.5 cm³/mol. The van der Waals surface area contributed by atoms with E-state index in [1.807, 2.05) is 31.2 Å². The standard InChI is InChI=1S/C20H27NO2/c1-2-23-18-5-3-17(4-6-18)19(22)21-13-20-10-14-7-15(11-20)9-16(8-14)12-20/h3-6,14-16H,2,7-13H2,1H3,(H,21,22). The van der Waals surface area contributed by atoms with Gasteiger partial charge in [-0.3, -0.25) is 4.79 Å². The molecule has 0 atom stereocenters. The first-order chi connectivity index (χ1) is 11.2. The zero-order valence-electron chi connectivity index (χ0n) is 14.0. The van der Waals surface area contributed by atoms with Crippen molar-refractivity contribution in [2.24, 2.45) is 23.2 Å². The summed E-state index contributed by atoms with van der Waals surface area (Å²) >= 11 is 0. The topological polar surface area (TPSA) is 38.3 Å². The van der Waals surface area contributed by atoms with Gasteiger partial charge in [0, 0.05) is 12.1 Å². The highest BCUT2D eigenvalue weighted by Gasteiger charge is 2.50. The summed E-state index contributed by atoms with van der Waals surface area (Å²) in [5, 5.41) is 3.23. The maximum Gasteiger partial charge on any atom is 0.251 e. The number of hydrogen-bond donors (Lipinski definition) is 1. The molecule has 0 aromatic heterocycles. The van der Waals surface area contributed by atoms with E-state index in [-0.39, 0.29) is 5.91 Å². The molecule has 0 aliphatic heterocycles. The quantitative estimate of drug-likeness (QED) is 0.891. The molecular formula is C20H27NO2. The van der Waals surface area contributed by atoms with Gasteiger partial charge in [-0.15, -0.1) is 0 Å². The van der Waals surface area contributed by atoms with Crippen LogP contribution in [0.3, 0.4) is 0 Å². The number of hydrogen-bond acceptors (Lipinski definition) is 2. The van der Waals surface area contributed by atoms with Crippen LogP contribution in [0.15, 0.2) is 24.3 Å². The molecule has 1 amide bonds. The summed E-state index contributed by atoms with van der Waals surface area (Å²) in [6.07, 6.45) is 8.36. The van der Waals surface area contributed by atoms with Crippen molar-refractivity contribution in [3.8, 4) is 5.75 Å². The van der Waals surface area contributed by atoms with Gasteiger partial charge in [0.05, 0.1) is 6.61 Å². The summed E-state index contributed by atoms with van der Waals surface area (Å²) in [6.45, 7) is 3.48. The molecule has 0 saturated heterocycles. The van der Waals surface area contributed by atoms with Crippen LogP contribution < -0.4 is 10.1 Å². The highest BCUT2D eigenvalue weighted by Crippen LogP contribution is 2.59. The van der Waals surface area contributed by atoms with Crippen LogP contribution in [-0.4, -0.2) is 19.1 Å². The largest absolute Gasteiger partial charge is 0.494 e. The van der Waals surface area contributed by atoms with E-state index in [1.165, 1.54) is 38.5 Å². The maximum absolute atomic E-state index is 12.5.